The number of carbonyl (C=O) groups is 2. The van der Waals surface area contributed by atoms with Crippen molar-refractivity contribution in [3.63, 3.8) is 0 Å². The van der Waals surface area contributed by atoms with Gasteiger partial charge in [-0.05, 0) is 19.1 Å². The summed E-state index contributed by atoms with van der Waals surface area (Å²) in [6, 6.07) is 3.23. The van der Waals surface area contributed by atoms with Gasteiger partial charge in [-0.15, -0.1) is 0 Å². The first-order valence-corrected chi connectivity index (χ1v) is 5.22. The van der Waals surface area contributed by atoms with Crippen LogP contribution >= 0.6 is 0 Å². The van der Waals surface area contributed by atoms with Crippen LogP contribution in [0.15, 0.2) is 30.7 Å². The van der Waals surface area contributed by atoms with Gasteiger partial charge in [0.1, 0.15) is 5.56 Å². The Morgan fingerprint density at radius 2 is 2.22 bits per heavy atom. The van der Waals surface area contributed by atoms with Crippen molar-refractivity contribution >= 4 is 17.6 Å². The fraction of sp³-hybridized carbons (Fsp3) is 0.0833. The Bertz CT molecular complexity index is 590. The van der Waals surface area contributed by atoms with E-state index in [9.17, 15) is 9.59 Å². The van der Waals surface area contributed by atoms with Gasteiger partial charge in [-0.25, -0.2) is 4.79 Å². The molecule has 0 aliphatic rings. The molecule has 0 aliphatic carbocycles. The fourth-order valence-corrected chi connectivity index (χ4v) is 1.59. The zero-order valence-corrected chi connectivity index (χ0v) is 9.60. The van der Waals surface area contributed by atoms with E-state index in [0.717, 1.165) is 0 Å². The van der Waals surface area contributed by atoms with Gasteiger partial charge in [0, 0.05) is 24.3 Å². The Kier molecular flexibility index (Phi) is 3.09. The lowest BCUT2D eigenvalue weighted by Crippen LogP contribution is -2.14. The Morgan fingerprint density at radius 1 is 1.44 bits per heavy atom. The molecule has 0 aliphatic heterocycles. The van der Waals surface area contributed by atoms with Gasteiger partial charge < -0.3 is 15.4 Å². The third-order valence-electron chi connectivity index (χ3n) is 2.46. The molecule has 18 heavy (non-hydrogen) atoms. The molecule has 0 spiro atoms. The van der Waals surface area contributed by atoms with Crippen molar-refractivity contribution in [3.8, 4) is 0 Å². The fourth-order valence-electron chi connectivity index (χ4n) is 1.59. The Balaban J connectivity index is 2.25. The Labute approximate surface area is 103 Å². The highest BCUT2D eigenvalue weighted by Gasteiger charge is 2.17. The van der Waals surface area contributed by atoms with Gasteiger partial charge in [-0.1, -0.05) is 0 Å². The first-order valence-electron chi connectivity index (χ1n) is 5.22. The number of nitrogens with one attached hydrogen (secondary N) is 2. The highest BCUT2D eigenvalue weighted by atomic mass is 16.4. The van der Waals surface area contributed by atoms with E-state index >= 15 is 0 Å². The smallest absolute Gasteiger partial charge is 0.339 e. The average molecular weight is 245 g/mol. The zero-order chi connectivity index (χ0) is 13.1. The Morgan fingerprint density at radius 3 is 2.83 bits per heavy atom. The predicted molar refractivity (Wildman–Crippen MR) is 64.7 cm³/mol. The summed E-state index contributed by atoms with van der Waals surface area (Å²) in [6.45, 7) is 1.63. The van der Waals surface area contributed by atoms with Crippen LogP contribution in [0.2, 0.25) is 0 Å². The molecule has 92 valence electrons. The van der Waals surface area contributed by atoms with Crippen molar-refractivity contribution < 1.29 is 14.7 Å². The number of carboxylic acid groups (broad SMARTS) is 1. The van der Waals surface area contributed by atoms with Crippen LogP contribution in [0.4, 0.5) is 5.69 Å². The second-order valence-corrected chi connectivity index (χ2v) is 3.70. The molecule has 1 amide bonds. The number of aromatic carboxylic acids is 1. The first-order chi connectivity index (χ1) is 8.59. The Hall–Kier alpha value is -2.63. The number of aromatic amines is 1. The second-order valence-electron chi connectivity index (χ2n) is 3.70. The molecule has 6 nitrogen and oxygen atoms in total. The minimum Gasteiger partial charge on any atom is -0.478 e. The van der Waals surface area contributed by atoms with Crippen LogP contribution in [0.25, 0.3) is 0 Å². The summed E-state index contributed by atoms with van der Waals surface area (Å²) in [6.07, 6.45) is 4.42. The molecule has 0 unspecified atom stereocenters. The number of hydrogen-bond donors (Lipinski definition) is 3. The number of aromatic nitrogens is 2. The minimum absolute atomic E-state index is 0.0623. The van der Waals surface area contributed by atoms with Crippen LogP contribution in [0, 0.1) is 6.92 Å². The molecule has 2 aromatic heterocycles. The summed E-state index contributed by atoms with van der Waals surface area (Å²) in [5.41, 5.74) is 1.16. The molecule has 2 aromatic rings. The second kappa shape index (κ2) is 4.70. The molecule has 0 bridgehead atoms. The van der Waals surface area contributed by atoms with Gasteiger partial charge in [0.05, 0.1) is 11.3 Å². The zero-order valence-electron chi connectivity index (χ0n) is 9.60. The summed E-state index contributed by atoms with van der Waals surface area (Å²) in [5.74, 6) is -1.49. The maximum absolute atomic E-state index is 11.8. The summed E-state index contributed by atoms with van der Waals surface area (Å²) in [5, 5.41) is 11.6. The van der Waals surface area contributed by atoms with Crippen LogP contribution < -0.4 is 5.32 Å². The SMILES string of the molecule is Cc1[nH]cc(NC(=O)c2cccnc2)c1C(=O)O. The van der Waals surface area contributed by atoms with Gasteiger partial charge in [-0.3, -0.25) is 9.78 Å². The molecule has 0 saturated carbocycles. The van der Waals surface area contributed by atoms with E-state index in [-0.39, 0.29) is 11.3 Å². The van der Waals surface area contributed by atoms with Crippen molar-refractivity contribution in [3.05, 3.63) is 47.5 Å². The summed E-state index contributed by atoms with van der Waals surface area (Å²) < 4.78 is 0. The standard InChI is InChI=1S/C12H11N3O3/c1-7-10(12(17)18)9(6-14-7)15-11(16)8-3-2-4-13-5-8/h2-6,14H,1H3,(H,15,16)(H,17,18). The number of rotatable bonds is 3. The van der Waals surface area contributed by atoms with Crippen LogP contribution in [0.3, 0.4) is 0 Å². The van der Waals surface area contributed by atoms with Gasteiger partial charge in [0.25, 0.3) is 5.91 Å². The van der Waals surface area contributed by atoms with Crippen LogP contribution in [0.5, 0.6) is 0 Å². The van der Waals surface area contributed by atoms with Crippen LogP contribution in [0.1, 0.15) is 26.4 Å². The van der Waals surface area contributed by atoms with E-state index in [1.54, 1.807) is 25.3 Å². The van der Waals surface area contributed by atoms with Gasteiger partial charge in [0.2, 0.25) is 0 Å². The summed E-state index contributed by atoms with van der Waals surface area (Å²) in [4.78, 5) is 29.5. The van der Waals surface area contributed by atoms with Crippen molar-refractivity contribution in [2.24, 2.45) is 0 Å². The number of H-pyrrole nitrogens is 1. The molecule has 0 atom stereocenters. The lowest BCUT2D eigenvalue weighted by molar-refractivity contribution is 0.0697. The first kappa shape index (κ1) is 11.8. The molecular formula is C12H11N3O3. The normalized spacial score (nSPS) is 10.1. The topological polar surface area (TPSA) is 95.1 Å². The summed E-state index contributed by atoms with van der Waals surface area (Å²) in [7, 11) is 0. The van der Waals surface area contributed by atoms with Crippen LogP contribution in [-0.2, 0) is 0 Å². The number of anilines is 1. The molecule has 0 saturated heterocycles. The average Bonchev–Trinajstić information content (AvgIpc) is 2.71. The highest BCUT2D eigenvalue weighted by molar-refractivity contribution is 6.07. The third-order valence-corrected chi connectivity index (χ3v) is 2.46. The molecule has 0 aromatic carbocycles. The number of carboxylic acids is 1. The van der Waals surface area contributed by atoms with Crippen molar-refractivity contribution in [2.75, 3.05) is 5.32 Å². The molecule has 6 heteroatoms. The van der Waals surface area contributed by atoms with Crippen molar-refractivity contribution in [2.45, 2.75) is 6.92 Å². The monoisotopic (exact) mass is 245 g/mol. The number of nitrogens with zero attached hydrogens (tertiary/aromatic N) is 1. The van der Waals surface area contributed by atoms with Gasteiger partial charge >= 0.3 is 5.97 Å². The van der Waals surface area contributed by atoms with E-state index in [0.29, 0.717) is 11.3 Å². The molecule has 0 radical (unpaired) electrons. The minimum atomic E-state index is -1.09. The van der Waals surface area contributed by atoms with E-state index in [1.165, 1.54) is 12.4 Å². The molecule has 0 fully saturated rings. The molecule has 2 rings (SSSR count). The maximum atomic E-state index is 11.8. The van der Waals surface area contributed by atoms with E-state index in [4.69, 9.17) is 5.11 Å². The van der Waals surface area contributed by atoms with E-state index < -0.39 is 11.9 Å². The number of carbonyl (C=O) groups excluding carboxylic acids is 1. The number of aryl methyl sites for hydroxylation is 1. The van der Waals surface area contributed by atoms with E-state index in [1.807, 2.05) is 0 Å². The quantitative estimate of drug-likeness (QED) is 0.766. The van der Waals surface area contributed by atoms with E-state index in [2.05, 4.69) is 15.3 Å². The predicted octanol–water partition coefficient (Wildman–Crippen LogP) is 1.67. The van der Waals surface area contributed by atoms with Crippen molar-refractivity contribution in [1.29, 1.82) is 0 Å². The third kappa shape index (κ3) is 2.22. The largest absolute Gasteiger partial charge is 0.478 e. The summed E-state index contributed by atoms with van der Waals surface area (Å²) >= 11 is 0. The number of amides is 1. The maximum Gasteiger partial charge on any atom is 0.339 e. The van der Waals surface area contributed by atoms with Crippen LogP contribution in [-0.4, -0.2) is 27.0 Å². The van der Waals surface area contributed by atoms with Gasteiger partial charge in [0.15, 0.2) is 0 Å². The van der Waals surface area contributed by atoms with Gasteiger partial charge in [-0.2, -0.15) is 0 Å². The lowest BCUT2D eigenvalue weighted by Gasteiger charge is -2.04. The lowest BCUT2D eigenvalue weighted by atomic mass is 10.2. The molecule has 2 heterocycles. The molecular weight excluding hydrogens is 234 g/mol. The molecule has 3 N–H and O–H groups in total. The van der Waals surface area contributed by atoms with Crippen molar-refractivity contribution in [1.82, 2.24) is 9.97 Å². The number of pyridine rings is 1. The number of hydrogen-bond acceptors (Lipinski definition) is 3. The highest BCUT2D eigenvalue weighted by Crippen LogP contribution is 2.19.